The predicted octanol–water partition coefficient (Wildman–Crippen LogP) is 3.24. The van der Waals surface area contributed by atoms with Gasteiger partial charge in [-0.15, -0.1) is 0 Å². The van der Waals surface area contributed by atoms with Crippen LogP contribution in [0.4, 0.5) is 14.5 Å². The summed E-state index contributed by atoms with van der Waals surface area (Å²) in [5, 5.41) is 0. The number of rotatable bonds is 2. The van der Waals surface area contributed by atoms with Gasteiger partial charge in [0.05, 0.1) is 0 Å². The van der Waals surface area contributed by atoms with Crippen molar-refractivity contribution in [3.63, 3.8) is 0 Å². The second-order valence-corrected chi connectivity index (χ2v) is 3.85. The van der Waals surface area contributed by atoms with Crippen LogP contribution in [0.25, 0.3) is 0 Å². The molecule has 0 aliphatic rings. The van der Waals surface area contributed by atoms with Crippen molar-refractivity contribution in [2.24, 2.45) is 0 Å². The zero-order valence-electron chi connectivity index (χ0n) is 9.73. The van der Waals surface area contributed by atoms with E-state index in [0.717, 1.165) is 0 Å². The summed E-state index contributed by atoms with van der Waals surface area (Å²) < 4.78 is 25.8. The summed E-state index contributed by atoms with van der Waals surface area (Å²) in [6.45, 7) is 0. The third kappa shape index (κ3) is 2.53. The lowest BCUT2D eigenvalue weighted by atomic mass is 10.2. The number of anilines is 1. The van der Waals surface area contributed by atoms with Gasteiger partial charge in [0.25, 0.3) is 5.91 Å². The number of hydrogen-bond donors (Lipinski definition) is 0. The van der Waals surface area contributed by atoms with Crippen LogP contribution in [0.3, 0.4) is 0 Å². The van der Waals surface area contributed by atoms with E-state index in [1.807, 2.05) is 0 Å². The van der Waals surface area contributed by atoms with Crippen LogP contribution < -0.4 is 4.90 Å². The number of carbonyl (C=O) groups is 1. The number of amides is 1. The summed E-state index contributed by atoms with van der Waals surface area (Å²) in [7, 11) is 1.54. The topological polar surface area (TPSA) is 20.3 Å². The van der Waals surface area contributed by atoms with Crippen molar-refractivity contribution >= 4 is 11.6 Å². The Morgan fingerprint density at radius 1 is 1.00 bits per heavy atom. The first-order chi connectivity index (χ1) is 8.58. The molecule has 92 valence electrons. The monoisotopic (exact) mass is 247 g/mol. The van der Waals surface area contributed by atoms with Gasteiger partial charge in [-0.05, 0) is 42.5 Å². The Morgan fingerprint density at radius 3 is 2.28 bits per heavy atom. The standard InChI is InChI=1S/C14H11F2NO/c1-17(13-4-2-3-12(16)9-13)14(18)10-5-7-11(15)8-6-10/h2-9H,1H3. The van der Waals surface area contributed by atoms with Crippen molar-refractivity contribution in [2.75, 3.05) is 11.9 Å². The largest absolute Gasteiger partial charge is 0.311 e. The molecule has 2 aromatic carbocycles. The van der Waals surface area contributed by atoms with E-state index in [1.165, 1.54) is 47.4 Å². The fraction of sp³-hybridized carbons (Fsp3) is 0.0714. The number of halogens is 2. The van der Waals surface area contributed by atoms with Crippen LogP contribution in [0.15, 0.2) is 48.5 Å². The van der Waals surface area contributed by atoms with E-state index in [2.05, 4.69) is 0 Å². The molecular formula is C14H11F2NO. The molecule has 0 heterocycles. The molecule has 2 aromatic rings. The SMILES string of the molecule is CN(C(=O)c1ccc(F)cc1)c1cccc(F)c1. The van der Waals surface area contributed by atoms with E-state index in [1.54, 1.807) is 13.1 Å². The third-order valence-electron chi connectivity index (χ3n) is 2.59. The van der Waals surface area contributed by atoms with Crippen LogP contribution in [-0.4, -0.2) is 13.0 Å². The highest BCUT2D eigenvalue weighted by molar-refractivity contribution is 6.05. The first-order valence-corrected chi connectivity index (χ1v) is 5.37. The molecule has 18 heavy (non-hydrogen) atoms. The summed E-state index contributed by atoms with van der Waals surface area (Å²) in [6.07, 6.45) is 0. The van der Waals surface area contributed by atoms with E-state index in [0.29, 0.717) is 11.3 Å². The van der Waals surface area contributed by atoms with Crippen LogP contribution in [0.1, 0.15) is 10.4 Å². The second-order valence-electron chi connectivity index (χ2n) is 3.85. The molecule has 0 bridgehead atoms. The van der Waals surface area contributed by atoms with Crippen LogP contribution >= 0.6 is 0 Å². The minimum absolute atomic E-state index is 0.319. The Hall–Kier alpha value is -2.23. The maximum Gasteiger partial charge on any atom is 0.258 e. The molecule has 1 amide bonds. The van der Waals surface area contributed by atoms with Crippen LogP contribution in [0.5, 0.6) is 0 Å². The van der Waals surface area contributed by atoms with Gasteiger partial charge < -0.3 is 4.90 Å². The fourth-order valence-corrected chi connectivity index (χ4v) is 1.59. The van der Waals surface area contributed by atoms with Gasteiger partial charge >= 0.3 is 0 Å². The smallest absolute Gasteiger partial charge is 0.258 e. The van der Waals surface area contributed by atoms with E-state index < -0.39 is 11.6 Å². The van der Waals surface area contributed by atoms with Gasteiger partial charge in [0.1, 0.15) is 11.6 Å². The molecule has 2 rings (SSSR count). The minimum Gasteiger partial charge on any atom is -0.311 e. The number of hydrogen-bond acceptors (Lipinski definition) is 1. The molecule has 0 spiro atoms. The first kappa shape index (κ1) is 12.2. The summed E-state index contributed by atoms with van der Waals surface area (Å²) in [5.74, 6) is -1.13. The van der Waals surface area contributed by atoms with Crippen molar-refractivity contribution in [3.8, 4) is 0 Å². The third-order valence-corrected chi connectivity index (χ3v) is 2.59. The van der Waals surface area contributed by atoms with Gasteiger partial charge in [0, 0.05) is 18.3 Å². The Bertz CT molecular complexity index is 566. The van der Waals surface area contributed by atoms with Crippen molar-refractivity contribution in [1.29, 1.82) is 0 Å². The molecule has 0 atom stereocenters. The molecule has 0 aliphatic heterocycles. The van der Waals surface area contributed by atoms with Gasteiger partial charge in [0.15, 0.2) is 0 Å². The van der Waals surface area contributed by atoms with Gasteiger partial charge in [-0.1, -0.05) is 6.07 Å². The lowest BCUT2D eigenvalue weighted by Crippen LogP contribution is -2.26. The summed E-state index contributed by atoms with van der Waals surface area (Å²) in [4.78, 5) is 13.4. The fourth-order valence-electron chi connectivity index (χ4n) is 1.59. The highest BCUT2D eigenvalue weighted by atomic mass is 19.1. The normalized spacial score (nSPS) is 10.2. The average molecular weight is 247 g/mol. The molecule has 0 N–H and O–H groups in total. The molecule has 4 heteroatoms. The van der Waals surface area contributed by atoms with E-state index in [9.17, 15) is 13.6 Å². The lowest BCUT2D eigenvalue weighted by Gasteiger charge is -2.17. The predicted molar refractivity (Wildman–Crippen MR) is 65.5 cm³/mol. The molecule has 2 nitrogen and oxygen atoms in total. The highest BCUT2D eigenvalue weighted by Gasteiger charge is 2.13. The Labute approximate surface area is 103 Å². The molecule has 0 radical (unpaired) electrons. The van der Waals surface area contributed by atoms with Crippen LogP contribution in [0, 0.1) is 11.6 Å². The summed E-state index contributed by atoms with van der Waals surface area (Å²) >= 11 is 0. The van der Waals surface area contributed by atoms with E-state index in [4.69, 9.17) is 0 Å². The number of benzene rings is 2. The van der Waals surface area contributed by atoms with E-state index >= 15 is 0 Å². The van der Waals surface area contributed by atoms with Crippen LogP contribution in [-0.2, 0) is 0 Å². The van der Waals surface area contributed by atoms with Crippen molar-refractivity contribution in [3.05, 3.63) is 65.7 Å². The maximum absolute atomic E-state index is 13.1. The molecule has 0 fully saturated rings. The maximum atomic E-state index is 13.1. The second kappa shape index (κ2) is 4.96. The first-order valence-electron chi connectivity index (χ1n) is 5.37. The van der Waals surface area contributed by atoms with E-state index in [-0.39, 0.29) is 5.91 Å². The molecule has 0 unspecified atom stereocenters. The van der Waals surface area contributed by atoms with Gasteiger partial charge in [-0.2, -0.15) is 0 Å². The minimum atomic E-state index is -0.411. The Kier molecular flexibility index (Phi) is 3.37. The molecule has 0 saturated carbocycles. The summed E-state index contributed by atoms with van der Waals surface area (Å²) in [6, 6.07) is 10.9. The Balaban J connectivity index is 2.26. The van der Waals surface area contributed by atoms with Crippen molar-refractivity contribution in [2.45, 2.75) is 0 Å². The molecular weight excluding hydrogens is 236 g/mol. The number of nitrogens with zero attached hydrogens (tertiary/aromatic N) is 1. The van der Waals surface area contributed by atoms with Gasteiger partial charge in [-0.3, -0.25) is 4.79 Å². The molecule has 0 saturated heterocycles. The zero-order chi connectivity index (χ0) is 13.1. The number of carbonyl (C=O) groups excluding carboxylic acids is 1. The van der Waals surface area contributed by atoms with Crippen LogP contribution in [0.2, 0.25) is 0 Å². The average Bonchev–Trinajstić information content (AvgIpc) is 2.38. The van der Waals surface area contributed by atoms with Crippen molar-refractivity contribution in [1.82, 2.24) is 0 Å². The Morgan fingerprint density at radius 2 is 1.67 bits per heavy atom. The quantitative estimate of drug-likeness (QED) is 0.797. The highest BCUT2D eigenvalue weighted by Crippen LogP contribution is 2.16. The molecule has 0 aliphatic carbocycles. The van der Waals surface area contributed by atoms with Gasteiger partial charge in [0.2, 0.25) is 0 Å². The lowest BCUT2D eigenvalue weighted by molar-refractivity contribution is 0.0993. The van der Waals surface area contributed by atoms with Crippen molar-refractivity contribution < 1.29 is 13.6 Å². The zero-order valence-corrected chi connectivity index (χ0v) is 9.73. The van der Waals surface area contributed by atoms with Gasteiger partial charge in [-0.25, -0.2) is 8.78 Å². The summed E-state index contributed by atoms with van der Waals surface area (Å²) in [5.41, 5.74) is 0.799. The molecule has 0 aromatic heterocycles.